The van der Waals surface area contributed by atoms with Gasteiger partial charge < -0.3 is 9.47 Å². The zero-order valence-electron chi connectivity index (χ0n) is 36.3. The van der Waals surface area contributed by atoms with Crippen molar-refractivity contribution in [2.75, 3.05) is 4.90 Å². The topological polar surface area (TPSA) is 8.17 Å². The van der Waals surface area contributed by atoms with Gasteiger partial charge in [0.2, 0.25) is 0 Å². The standard InChI is InChI=1S/C64H44N2/c1-3-16-45(17-4-1)48-36-40-54(41-37-48)65(55-42-38-49(39-43-55)47-30-32-50(33-31-47)52-35-34-46-18-7-8-19-51(46)44-52)61-27-13-11-24-58(61)56-22-9-10-23-57(56)59-26-15-29-63-64(59)60-25-12-14-28-62(60)66(63)53-20-5-2-6-21-53/h1-44H. The lowest BCUT2D eigenvalue weighted by Crippen LogP contribution is -2.11. The lowest BCUT2D eigenvalue weighted by atomic mass is 9.90. The Hall–Kier alpha value is -8.72. The van der Waals surface area contributed by atoms with Crippen molar-refractivity contribution in [2.45, 2.75) is 0 Å². The molecule has 66 heavy (non-hydrogen) atoms. The van der Waals surface area contributed by atoms with E-state index >= 15 is 0 Å². The van der Waals surface area contributed by atoms with Crippen molar-refractivity contribution < 1.29 is 0 Å². The molecule has 0 N–H and O–H groups in total. The number of nitrogens with zero attached hydrogens (tertiary/aromatic N) is 2. The highest BCUT2D eigenvalue weighted by atomic mass is 15.1. The third-order valence-electron chi connectivity index (χ3n) is 13.0. The molecule has 0 amide bonds. The predicted molar refractivity (Wildman–Crippen MR) is 280 cm³/mol. The first-order valence-corrected chi connectivity index (χ1v) is 22.7. The Labute approximate surface area is 385 Å². The number of para-hydroxylation sites is 3. The molecule has 11 aromatic carbocycles. The second-order valence-corrected chi connectivity index (χ2v) is 16.9. The van der Waals surface area contributed by atoms with Crippen molar-refractivity contribution in [3.63, 3.8) is 0 Å². The number of aromatic nitrogens is 1. The van der Waals surface area contributed by atoms with Crippen LogP contribution in [0.3, 0.4) is 0 Å². The summed E-state index contributed by atoms with van der Waals surface area (Å²) in [6.45, 7) is 0. The van der Waals surface area contributed by atoms with Crippen molar-refractivity contribution in [3.05, 3.63) is 267 Å². The molecule has 0 fully saturated rings. The molecule has 2 heteroatoms. The van der Waals surface area contributed by atoms with Crippen molar-refractivity contribution in [1.29, 1.82) is 0 Å². The van der Waals surface area contributed by atoms with Gasteiger partial charge in [0.15, 0.2) is 0 Å². The van der Waals surface area contributed by atoms with Crippen LogP contribution >= 0.6 is 0 Å². The van der Waals surface area contributed by atoms with E-state index in [-0.39, 0.29) is 0 Å². The van der Waals surface area contributed by atoms with E-state index < -0.39 is 0 Å². The van der Waals surface area contributed by atoms with Crippen molar-refractivity contribution in [1.82, 2.24) is 4.57 Å². The smallest absolute Gasteiger partial charge is 0.0547 e. The largest absolute Gasteiger partial charge is 0.310 e. The third-order valence-corrected chi connectivity index (χ3v) is 13.0. The van der Waals surface area contributed by atoms with E-state index in [1.165, 1.54) is 82.6 Å². The van der Waals surface area contributed by atoms with Gasteiger partial charge in [-0.15, -0.1) is 0 Å². The monoisotopic (exact) mass is 840 g/mol. The molecule has 0 aliphatic heterocycles. The Balaban J connectivity index is 0.972. The number of hydrogen-bond donors (Lipinski definition) is 0. The molecular formula is C64H44N2. The van der Waals surface area contributed by atoms with E-state index in [1.54, 1.807) is 0 Å². The normalized spacial score (nSPS) is 11.3. The van der Waals surface area contributed by atoms with Crippen LogP contribution in [0.4, 0.5) is 17.1 Å². The first-order chi connectivity index (χ1) is 32.7. The number of rotatable bonds is 9. The number of anilines is 3. The lowest BCUT2D eigenvalue weighted by Gasteiger charge is -2.29. The SMILES string of the molecule is c1ccc(-c2ccc(N(c3ccc(-c4ccc(-c5ccc6ccccc6c5)cc4)cc3)c3ccccc3-c3ccccc3-c3cccc4c3c3ccccc3n4-c3ccccc3)cc2)cc1. The summed E-state index contributed by atoms with van der Waals surface area (Å²) < 4.78 is 2.40. The summed E-state index contributed by atoms with van der Waals surface area (Å²) in [6, 6.07) is 96.9. The molecule has 0 saturated heterocycles. The molecule has 310 valence electrons. The van der Waals surface area contributed by atoms with Gasteiger partial charge >= 0.3 is 0 Å². The molecular weight excluding hydrogens is 797 g/mol. The van der Waals surface area contributed by atoms with Gasteiger partial charge in [0.25, 0.3) is 0 Å². The van der Waals surface area contributed by atoms with Crippen LogP contribution < -0.4 is 4.90 Å². The van der Waals surface area contributed by atoms with Crippen LogP contribution in [0.5, 0.6) is 0 Å². The quantitative estimate of drug-likeness (QED) is 0.141. The molecule has 0 aliphatic carbocycles. The number of benzene rings is 11. The maximum absolute atomic E-state index is 2.41. The van der Waals surface area contributed by atoms with Crippen LogP contribution in [0.25, 0.3) is 93.9 Å². The van der Waals surface area contributed by atoms with Crippen LogP contribution in [-0.4, -0.2) is 4.57 Å². The second kappa shape index (κ2) is 16.8. The first kappa shape index (κ1) is 38.9. The first-order valence-electron chi connectivity index (χ1n) is 22.7. The zero-order chi connectivity index (χ0) is 43.8. The van der Waals surface area contributed by atoms with E-state index in [0.29, 0.717) is 0 Å². The average molecular weight is 841 g/mol. The molecule has 12 rings (SSSR count). The molecule has 1 aromatic heterocycles. The van der Waals surface area contributed by atoms with Gasteiger partial charge in [0.05, 0.1) is 16.7 Å². The van der Waals surface area contributed by atoms with Crippen LogP contribution in [0, 0.1) is 0 Å². The van der Waals surface area contributed by atoms with Crippen LogP contribution in [0.1, 0.15) is 0 Å². The van der Waals surface area contributed by atoms with Crippen molar-refractivity contribution in [2.24, 2.45) is 0 Å². The maximum atomic E-state index is 2.41. The molecule has 0 saturated carbocycles. The Morgan fingerprint density at radius 2 is 0.727 bits per heavy atom. The van der Waals surface area contributed by atoms with E-state index in [2.05, 4.69) is 276 Å². The summed E-state index contributed by atoms with van der Waals surface area (Å²) in [5, 5.41) is 4.99. The van der Waals surface area contributed by atoms with E-state index in [1.807, 2.05) is 0 Å². The summed E-state index contributed by atoms with van der Waals surface area (Å²) in [5.74, 6) is 0. The highest BCUT2D eigenvalue weighted by molar-refractivity contribution is 6.17. The van der Waals surface area contributed by atoms with Crippen LogP contribution in [0.15, 0.2) is 267 Å². The molecule has 0 unspecified atom stereocenters. The summed E-state index contributed by atoms with van der Waals surface area (Å²) in [5.41, 5.74) is 18.7. The molecule has 0 spiro atoms. The van der Waals surface area contributed by atoms with Gasteiger partial charge in [-0.05, 0) is 122 Å². The molecule has 0 atom stereocenters. The summed E-state index contributed by atoms with van der Waals surface area (Å²) >= 11 is 0. The summed E-state index contributed by atoms with van der Waals surface area (Å²) in [4.78, 5) is 2.41. The fourth-order valence-electron chi connectivity index (χ4n) is 9.84. The van der Waals surface area contributed by atoms with Gasteiger partial charge in [0, 0.05) is 33.4 Å². The maximum Gasteiger partial charge on any atom is 0.0547 e. The van der Waals surface area contributed by atoms with Gasteiger partial charge in [-0.2, -0.15) is 0 Å². The minimum absolute atomic E-state index is 1.08. The number of hydrogen-bond acceptors (Lipinski definition) is 1. The molecule has 2 nitrogen and oxygen atoms in total. The minimum atomic E-state index is 1.08. The fourth-order valence-corrected chi connectivity index (χ4v) is 9.84. The third kappa shape index (κ3) is 7.02. The Bertz CT molecular complexity index is 3660. The molecule has 12 aromatic rings. The Morgan fingerprint density at radius 3 is 1.41 bits per heavy atom. The average Bonchev–Trinajstić information content (AvgIpc) is 3.74. The van der Waals surface area contributed by atoms with Gasteiger partial charge in [-0.25, -0.2) is 0 Å². The van der Waals surface area contributed by atoms with Crippen LogP contribution in [0.2, 0.25) is 0 Å². The molecule has 0 aliphatic rings. The van der Waals surface area contributed by atoms with E-state index in [4.69, 9.17) is 0 Å². The molecule has 1 heterocycles. The fraction of sp³-hybridized carbons (Fsp3) is 0. The van der Waals surface area contributed by atoms with E-state index in [0.717, 1.165) is 28.3 Å². The van der Waals surface area contributed by atoms with Crippen LogP contribution in [-0.2, 0) is 0 Å². The molecule has 0 radical (unpaired) electrons. The van der Waals surface area contributed by atoms with Gasteiger partial charge in [-0.3, -0.25) is 0 Å². The van der Waals surface area contributed by atoms with E-state index in [9.17, 15) is 0 Å². The zero-order valence-corrected chi connectivity index (χ0v) is 36.3. The van der Waals surface area contributed by atoms with Crippen molar-refractivity contribution >= 4 is 49.6 Å². The molecule has 0 bridgehead atoms. The van der Waals surface area contributed by atoms with Gasteiger partial charge in [0.1, 0.15) is 0 Å². The highest BCUT2D eigenvalue weighted by Crippen LogP contribution is 2.47. The highest BCUT2D eigenvalue weighted by Gasteiger charge is 2.22. The Kier molecular flexibility index (Phi) is 9.89. The second-order valence-electron chi connectivity index (χ2n) is 16.9. The predicted octanol–water partition coefficient (Wildman–Crippen LogP) is 17.7. The summed E-state index contributed by atoms with van der Waals surface area (Å²) in [6.07, 6.45) is 0. The van der Waals surface area contributed by atoms with Gasteiger partial charge in [-0.1, -0.05) is 206 Å². The minimum Gasteiger partial charge on any atom is -0.310 e. The lowest BCUT2D eigenvalue weighted by molar-refractivity contribution is 1.18. The number of fused-ring (bicyclic) bond motifs is 4. The summed E-state index contributed by atoms with van der Waals surface area (Å²) in [7, 11) is 0. The van der Waals surface area contributed by atoms with Crippen molar-refractivity contribution in [3.8, 4) is 61.3 Å². The Morgan fingerprint density at radius 1 is 0.273 bits per heavy atom.